The Hall–Kier alpha value is -0.950. The summed E-state index contributed by atoms with van der Waals surface area (Å²) < 4.78 is 26.3. The lowest BCUT2D eigenvalue weighted by Crippen LogP contribution is -2.42. The number of hydrogen-bond acceptors (Lipinski definition) is 4. The number of aromatic nitrogens is 2. The molecule has 0 N–H and O–H groups in total. The SMILES string of the molecule is C[C@H]1C[C@H]2O[C@]1(CBr)COc1nc(=O)c(F)cn12. The molecule has 0 saturated carbocycles. The highest BCUT2D eigenvalue weighted by atomic mass is 79.9. The number of rotatable bonds is 1. The van der Waals surface area contributed by atoms with Crippen LogP contribution < -0.4 is 10.3 Å². The van der Waals surface area contributed by atoms with Gasteiger partial charge in [-0.3, -0.25) is 9.36 Å². The van der Waals surface area contributed by atoms with E-state index < -0.39 is 17.0 Å². The zero-order valence-electron chi connectivity index (χ0n) is 9.73. The summed E-state index contributed by atoms with van der Waals surface area (Å²) in [6.07, 6.45) is 1.52. The van der Waals surface area contributed by atoms with E-state index in [1.165, 1.54) is 4.57 Å². The van der Waals surface area contributed by atoms with E-state index in [4.69, 9.17) is 9.47 Å². The fourth-order valence-electron chi connectivity index (χ4n) is 2.43. The molecular formula is C11H12BrFN2O3. The largest absolute Gasteiger partial charge is 0.461 e. The first-order chi connectivity index (χ1) is 8.55. The Bertz CT molecular complexity index is 550. The van der Waals surface area contributed by atoms with Crippen molar-refractivity contribution in [3.05, 3.63) is 22.4 Å². The molecule has 0 aliphatic carbocycles. The van der Waals surface area contributed by atoms with Gasteiger partial charge in [-0.05, 0) is 12.3 Å². The molecule has 1 fully saturated rings. The quantitative estimate of drug-likeness (QED) is 0.736. The van der Waals surface area contributed by atoms with Crippen molar-refractivity contribution >= 4 is 15.9 Å². The van der Waals surface area contributed by atoms with Crippen LogP contribution in [0, 0.1) is 11.7 Å². The monoisotopic (exact) mass is 318 g/mol. The van der Waals surface area contributed by atoms with Gasteiger partial charge in [0.25, 0.3) is 0 Å². The minimum absolute atomic E-state index is 0.126. The van der Waals surface area contributed by atoms with Crippen molar-refractivity contribution < 1.29 is 13.9 Å². The van der Waals surface area contributed by atoms with Crippen molar-refractivity contribution in [2.75, 3.05) is 11.9 Å². The Balaban J connectivity index is 2.09. The smallest absolute Gasteiger partial charge is 0.311 e. The third kappa shape index (κ3) is 1.60. The van der Waals surface area contributed by atoms with E-state index in [1.54, 1.807) is 0 Å². The molecule has 3 rings (SSSR count). The third-order valence-corrected chi connectivity index (χ3v) is 4.63. The third-order valence-electron chi connectivity index (χ3n) is 3.68. The summed E-state index contributed by atoms with van der Waals surface area (Å²) in [7, 11) is 0. The molecular weight excluding hydrogens is 307 g/mol. The van der Waals surface area contributed by atoms with Crippen LogP contribution in [0.3, 0.4) is 0 Å². The Labute approximate surface area is 111 Å². The maximum Gasteiger partial charge on any atom is 0.311 e. The molecule has 0 spiro atoms. The van der Waals surface area contributed by atoms with Gasteiger partial charge in [0.1, 0.15) is 18.4 Å². The van der Waals surface area contributed by atoms with E-state index in [1.807, 2.05) is 0 Å². The molecule has 1 aromatic heterocycles. The van der Waals surface area contributed by atoms with Crippen LogP contribution in [0.1, 0.15) is 19.6 Å². The second kappa shape index (κ2) is 4.03. The molecule has 2 bridgehead atoms. The first-order valence-corrected chi connectivity index (χ1v) is 6.83. The van der Waals surface area contributed by atoms with Crippen molar-refractivity contribution in [3.8, 4) is 6.01 Å². The highest BCUT2D eigenvalue weighted by Gasteiger charge is 2.49. The standard InChI is InChI=1S/C11H12BrFN2O3/c1-6-2-8-15-3-7(13)9(16)14-10(15)17-5-11(6,4-12)18-8/h3,6,8H,2,4-5H2,1H3/t6-,8+,11+/m0/s1. The lowest BCUT2D eigenvalue weighted by molar-refractivity contribution is -0.0707. The Morgan fingerprint density at radius 1 is 1.72 bits per heavy atom. The molecule has 98 valence electrons. The highest BCUT2D eigenvalue weighted by Crippen LogP contribution is 2.45. The number of ether oxygens (including phenoxy) is 2. The van der Waals surface area contributed by atoms with Gasteiger partial charge in [-0.25, -0.2) is 0 Å². The maximum absolute atomic E-state index is 13.3. The summed E-state index contributed by atoms with van der Waals surface area (Å²) in [6.45, 7) is 2.37. The predicted molar refractivity (Wildman–Crippen MR) is 64.4 cm³/mol. The molecule has 18 heavy (non-hydrogen) atoms. The summed E-state index contributed by atoms with van der Waals surface area (Å²) in [6, 6.07) is 0.126. The van der Waals surface area contributed by atoms with Gasteiger partial charge in [-0.1, -0.05) is 22.9 Å². The van der Waals surface area contributed by atoms with Crippen LogP contribution in [0.4, 0.5) is 4.39 Å². The first-order valence-electron chi connectivity index (χ1n) is 5.71. The average molecular weight is 319 g/mol. The van der Waals surface area contributed by atoms with Crippen molar-refractivity contribution in [1.82, 2.24) is 9.55 Å². The minimum atomic E-state index is -0.903. The zero-order valence-corrected chi connectivity index (χ0v) is 11.3. The molecule has 3 heterocycles. The van der Waals surface area contributed by atoms with Crippen LogP contribution in [-0.2, 0) is 4.74 Å². The van der Waals surface area contributed by atoms with Crippen molar-refractivity contribution in [2.45, 2.75) is 25.2 Å². The van der Waals surface area contributed by atoms with Gasteiger partial charge in [-0.2, -0.15) is 9.37 Å². The maximum atomic E-state index is 13.3. The van der Waals surface area contributed by atoms with Crippen LogP contribution in [0.15, 0.2) is 11.0 Å². The van der Waals surface area contributed by atoms with Gasteiger partial charge in [0.2, 0.25) is 5.82 Å². The topological polar surface area (TPSA) is 53.4 Å². The Morgan fingerprint density at radius 3 is 3.22 bits per heavy atom. The number of nitrogens with zero attached hydrogens (tertiary/aromatic N) is 2. The number of hydrogen-bond donors (Lipinski definition) is 0. The van der Waals surface area contributed by atoms with E-state index in [0.29, 0.717) is 11.9 Å². The van der Waals surface area contributed by atoms with Crippen LogP contribution in [-0.4, -0.2) is 27.1 Å². The van der Waals surface area contributed by atoms with Gasteiger partial charge >= 0.3 is 11.6 Å². The molecule has 7 heteroatoms. The molecule has 1 aromatic rings. The van der Waals surface area contributed by atoms with Crippen LogP contribution in [0.25, 0.3) is 0 Å². The van der Waals surface area contributed by atoms with E-state index in [-0.39, 0.29) is 18.2 Å². The molecule has 2 aliphatic rings. The normalized spacial score (nSPS) is 33.7. The lowest BCUT2D eigenvalue weighted by atomic mass is 9.91. The Morgan fingerprint density at radius 2 is 2.50 bits per heavy atom. The fraction of sp³-hybridized carbons (Fsp3) is 0.636. The molecule has 2 aliphatic heterocycles. The van der Waals surface area contributed by atoms with E-state index >= 15 is 0 Å². The summed E-state index contributed by atoms with van der Waals surface area (Å²) >= 11 is 3.43. The molecule has 0 radical (unpaired) electrons. The highest BCUT2D eigenvalue weighted by molar-refractivity contribution is 9.09. The van der Waals surface area contributed by atoms with Crippen LogP contribution >= 0.6 is 15.9 Å². The van der Waals surface area contributed by atoms with E-state index in [9.17, 15) is 9.18 Å². The van der Waals surface area contributed by atoms with Gasteiger partial charge in [0.05, 0.1) is 6.20 Å². The van der Waals surface area contributed by atoms with Crippen molar-refractivity contribution in [1.29, 1.82) is 0 Å². The second-order valence-electron chi connectivity index (χ2n) is 4.78. The van der Waals surface area contributed by atoms with Crippen molar-refractivity contribution in [3.63, 3.8) is 0 Å². The van der Waals surface area contributed by atoms with Gasteiger partial charge in [0, 0.05) is 5.33 Å². The summed E-state index contributed by atoms with van der Waals surface area (Å²) in [5.74, 6) is -0.616. The average Bonchev–Trinajstić information content (AvgIpc) is 2.59. The predicted octanol–water partition coefficient (Wildman–Crippen LogP) is 1.46. The second-order valence-corrected chi connectivity index (χ2v) is 5.34. The lowest BCUT2D eigenvalue weighted by Gasteiger charge is -2.28. The van der Waals surface area contributed by atoms with Crippen LogP contribution in [0.2, 0.25) is 0 Å². The summed E-state index contributed by atoms with van der Waals surface area (Å²) in [4.78, 5) is 14.8. The fourth-order valence-corrected chi connectivity index (χ4v) is 3.28. The van der Waals surface area contributed by atoms with Crippen LogP contribution in [0.5, 0.6) is 6.01 Å². The summed E-state index contributed by atoms with van der Waals surface area (Å²) in [5, 5.41) is 0.624. The van der Waals surface area contributed by atoms with Gasteiger partial charge in [0.15, 0.2) is 0 Å². The first kappa shape index (κ1) is 12.1. The number of halogens is 2. The van der Waals surface area contributed by atoms with E-state index in [0.717, 1.165) is 12.6 Å². The van der Waals surface area contributed by atoms with E-state index in [2.05, 4.69) is 27.8 Å². The number of fused-ring (bicyclic) bond motifs is 4. The van der Waals surface area contributed by atoms with Crippen molar-refractivity contribution in [2.24, 2.45) is 5.92 Å². The summed E-state index contributed by atoms with van der Waals surface area (Å²) in [5.41, 5.74) is -1.35. The van der Waals surface area contributed by atoms with Gasteiger partial charge < -0.3 is 9.47 Å². The minimum Gasteiger partial charge on any atom is -0.461 e. The molecule has 5 nitrogen and oxygen atoms in total. The van der Waals surface area contributed by atoms with Gasteiger partial charge in [-0.15, -0.1) is 0 Å². The molecule has 1 saturated heterocycles. The number of alkyl halides is 1. The molecule has 3 atom stereocenters. The zero-order chi connectivity index (χ0) is 12.9. The molecule has 0 unspecified atom stereocenters. The molecule has 0 aromatic carbocycles. The Kier molecular flexibility index (Phi) is 2.71. The molecule has 0 amide bonds.